The van der Waals surface area contributed by atoms with Crippen molar-refractivity contribution in [2.24, 2.45) is 11.3 Å². The van der Waals surface area contributed by atoms with Crippen molar-refractivity contribution < 1.29 is 19.1 Å². The van der Waals surface area contributed by atoms with Crippen LogP contribution in [0.4, 0.5) is 16.5 Å². The number of oxazole rings is 1. The van der Waals surface area contributed by atoms with E-state index in [-0.39, 0.29) is 18.5 Å². The predicted octanol–water partition coefficient (Wildman–Crippen LogP) is 2.61. The molecule has 1 aliphatic heterocycles. The minimum Gasteiger partial charge on any atom is -0.481 e. The van der Waals surface area contributed by atoms with Crippen molar-refractivity contribution in [2.45, 2.75) is 19.3 Å². The molecule has 138 valence electrons. The van der Waals surface area contributed by atoms with E-state index in [2.05, 4.69) is 10.3 Å². The summed E-state index contributed by atoms with van der Waals surface area (Å²) in [5.74, 6) is -0.734. The number of anilines is 2. The van der Waals surface area contributed by atoms with Gasteiger partial charge in [0.2, 0.25) is 0 Å². The minimum atomic E-state index is -0.782. The molecular formula is C18H22N4O4. The van der Waals surface area contributed by atoms with Gasteiger partial charge in [0.15, 0.2) is 5.58 Å². The van der Waals surface area contributed by atoms with Gasteiger partial charge in [-0.3, -0.25) is 4.79 Å². The highest BCUT2D eigenvalue weighted by Crippen LogP contribution is 2.48. The van der Waals surface area contributed by atoms with Gasteiger partial charge in [-0.15, -0.1) is 0 Å². The molecule has 4 rings (SSSR count). The number of carbonyl (C=O) groups is 2. The second kappa shape index (κ2) is 5.89. The fraction of sp³-hybridized carbons (Fsp3) is 0.500. The zero-order valence-electron chi connectivity index (χ0n) is 14.9. The summed E-state index contributed by atoms with van der Waals surface area (Å²) in [6.07, 6.45) is 2.44. The second-order valence-corrected chi connectivity index (χ2v) is 7.43. The van der Waals surface area contributed by atoms with Crippen molar-refractivity contribution in [3.8, 4) is 0 Å². The number of nitrogens with zero attached hydrogens (tertiary/aromatic N) is 3. The van der Waals surface area contributed by atoms with E-state index in [1.807, 2.05) is 14.1 Å². The Balaban J connectivity index is 1.50. The van der Waals surface area contributed by atoms with Crippen LogP contribution in [-0.4, -0.2) is 54.2 Å². The third-order valence-electron chi connectivity index (χ3n) is 5.59. The molecule has 1 saturated heterocycles. The van der Waals surface area contributed by atoms with Gasteiger partial charge in [0.25, 0.3) is 6.01 Å². The number of fused-ring (bicyclic) bond motifs is 2. The average Bonchev–Trinajstić information content (AvgIpc) is 3.26. The molecule has 0 spiro atoms. The van der Waals surface area contributed by atoms with E-state index in [1.54, 1.807) is 28.0 Å². The zero-order chi connectivity index (χ0) is 18.5. The van der Waals surface area contributed by atoms with Crippen LogP contribution in [0.3, 0.4) is 0 Å². The summed E-state index contributed by atoms with van der Waals surface area (Å²) in [7, 11) is 3.69. The summed E-state index contributed by atoms with van der Waals surface area (Å²) in [5.41, 5.74) is 1.15. The standard InChI is InChI=1S/C18H22N4O4/c1-21(2)17-20-13-8-12(5-6-14(13)26-17)19-16(25)22-9-11-4-3-7-18(11,10-22)15(23)24/h5-6,8,11H,3-4,7,9-10H2,1-2H3,(H,19,25)(H,23,24)/t11-,18+/m0/s1. The van der Waals surface area contributed by atoms with Crippen molar-refractivity contribution in [1.82, 2.24) is 9.88 Å². The van der Waals surface area contributed by atoms with Gasteiger partial charge in [0, 0.05) is 32.9 Å². The normalized spacial score (nSPS) is 24.7. The first-order valence-corrected chi connectivity index (χ1v) is 8.76. The van der Waals surface area contributed by atoms with Crippen LogP contribution in [-0.2, 0) is 4.79 Å². The number of likely N-dealkylation sites (tertiary alicyclic amines) is 1. The number of carboxylic acid groups (broad SMARTS) is 1. The van der Waals surface area contributed by atoms with Crippen LogP contribution in [0, 0.1) is 11.3 Å². The number of benzene rings is 1. The van der Waals surface area contributed by atoms with Crippen molar-refractivity contribution >= 4 is 34.8 Å². The molecule has 2 N–H and O–H groups in total. The lowest BCUT2D eigenvalue weighted by Gasteiger charge is -2.23. The van der Waals surface area contributed by atoms with Gasteiger partial charge in [-0.2, -0.15) is 4.98 Å². The third-order valence-corrected chi connectivity index (χ3v) is 5.59. The maximum absolute atomic E-state index is 12.6. The Morgan fingerprint density at radius 3 is 2.92 bits per heavy atom. The first-order valence-electron chi connectivity index (χ1n) is 8.76. The average molecular weight is 358 g/mol. The SMILES string of the molecule is CN(C)c1nc2cc(NC(=O)N3C[C@@H]4CCC[C@@]4(C(=O)O)C3)ccc2o1. The Morgan fingerprint density at radius 2 is 2.23 bits per heavy atom. The highest BCUT2D eigenvalue weighted by atomic mass is 16.4. The quantitative estimate of drug-likeness (QED) is 0.875. The number of carbonyl (C=O) groups excluding carboxylic acids is 1. The molecule has 1 aromatic carbocycles. The summed E-state index contributed by atoms with van der Waals surface area (Å²) in [6, 6.07) is 5.51. The number of nitrogens with one attached hydrogen (secondary N) is 1. The second-order valence-electron chi connectivity index (χ2n) is 7.43. The molecule has 0 radical (unpaired) electrons. The molecule has 2 heterocycles. The van der Waals surface area contributed by atoms with E-state index in [4.69, 9.17) is 4.42 Å². The third kappa shape index (κ3) is 2.56. The van der Waals surface area contributed by atoms with Gasteiger partial charge in [0.1, 0.15) is 5.52 Å². The molecule has 2 aliphatic rings. The van der Waals surface area contributed by atoms with Crippen molar-refractivity contribution in [1.29, 1.82) is 0 Å². The molecule has 2 amide bonds. The van der Waals surface area contributed by atoms with E-state index in [9.17, 15) is 14.7 Å². The number of rotatable bonds is 3. The van der Waals surface area contributed by atoms with E-state index in [0.29, 0.717) is 35.8 Å². The smallest absolute Gasteiger partial charge is 0.321 e. The summed E-state index contributed by atoms with van der Waals surface area (Å²) in [5, 5.41) is 12.5. The molecule has 2 fully saturated rings. The van der Waals surface area contributed by atoms with Crippen molar-refractivity contribution in [3.63, 3.8) is 0 Å². The molecule has 2 aromatic rings. The first kappa shape index (κ1) is 16.7. The molecule has 1 aromatic heterocycles. The van der Waals surface area contributed by atoms with Crippen LogP contribution < -0.4 is 10.2 Å². The van der Waals surface area contributed by atoms with Crippen LogP contribution >= 0.6 is 0 Å². The van der Waals surface area contributed by atoms with E-state index >= 15 is 0 Å². The van der Waals surface area contributed by atoms with Crippen LogP contribution in [0.25, 0.3) is 11.1 Å². The Hall–Kier alpha value is -2.77. The Kier molecular flexibility index (Phi) is 3.78. The molecular weight excluding hydrogens is 336 g/mol. The number of hydrogen-bond donors (Lipinski definition) is 2. The fourth-order valence-corrected chi connectivity index (χ4v) is 4.18. The van der Waals surface area contributed by atoms with E-state index in [0.717, 1.165) is 12.8 Å². The first-order chi connectivity index (χ1) is 12.4. The Morgan fingerprint density at radius 1 is 1.42 bits per heavy atom. The van der Waals surface area contributed by atoms with Gasteiger partial charge in [-0.1, -0.05) is 6.42 Å². The number of amides is 2. The monoisotopic (exact) mass is 358 g/mol. The highest BCUT2D eigenvalue weighted by molar-refractivity contribution is 5.92. The topological polar surface area (TPSA) is 98.9 Å². The Bertz CT molecular complexity index is 877. The molecule has 1 aliphatic carbocycles. The van der Waals surface area contributed by atoms with Gasteiger partial charge < -0.3 is 24.6 Å². The maximum atomic E-state index is 12.6. The Labute approximate surface area is 150 Å². The fourth-order valence-electron chi connectivity index (χ4n) is 4.18. The van der Waals surface area contributed by atoms with Gasteiger partial charge in [-0.25, -0.2) is 4.79 Å². The zero-order valence-corrected chi connectivity index (χ0v) is 14.9. The number of urea groups is 1. The van der Waals surface area contributed by atoms with E-state index in [1.165, 1.54) is 0 Å². The van der Waals surface area contributed by atoms with E-state index < -0.39 is 11.4 Å². The molecule has 8 heteroatoms. The van der Waals surface area contributed by atoms with Crippen molar-refractivity contribution in [3.05, 3.63) is 18.2 Å². The minimum absolute atomic E-state index is 0.0476. The number of hydrogen-bond acceptors (Lipinski definition) is 5. The largest absolute Gasteiger partial charge is 0.481 e. The predicted molar refractivity (Wildman–Crippen MR) is 96.3 cm³/mol. The summed E-state index contributed by atoms with van der Waals surface area (Å²) in [6.45, 7) is 0.769. The molecule has 1 saturated carbocycles. The molecule has 0 bridgehead atoms. The maximum Gasteiger partial charge on any atom is 0.321 e. The number of aliphatic carboxylic acids is 1. The molecule has 26 heavy (non-hydrogen) atoms. The van der Waals surface area contributed by atoms with Gasteiger partial charge >= 0.3 is 12.0 Å². The lowest BCUT2D eigenvalue weighted by molar-refractivity contribution is -0.149. The number of aromatic nitrogens is 1. The van der Waals surface area contributed by atoms with Gasteiger partial charge in [0.05, 0.1) is 5.41 Å². The summed E-state index contributed by atoms with van der Waals surface area (Å²) < 4.78 is 5.61. The lowest BCUT2D eigenvalue weighted by Crippen LogP contribution is -2.38. The van der Waals surface area contributed by atoms with Crippen LogP contribution in [0.2, 0.25) is 0 Å². The van der Waals surface area contributed by atoms with Crippen molar-refractivity contribution in [2.75, 3.05) is 37.4 Å². The van der Waals surface area contributed by atoms with Gasteiger partial charge in [-0.05, 0) is 37.0 Å². The van der Waals surface area contributed by atoms with Crippen LogP contribution in [0.5, 0.6) is 0 Å². The lowest BCUT2D eigenvalue weighted by atomic mass is 9.81. The summed E-state index contributed by atoms with van der Waals surface area (Å²) >= 11 is 0. The highest BCUT2D eigenvalue weighted by Gasteiger charge is 2.55. The summed E-state index contributed by atoms with van der Waals surface area (Å²) in [4.78, 5) is 32.2. The number of carboxylic acids is 1. The van der Waals surface area contributed by atoms with Crippen LogP contribution in [0.15, 0.2) is 22.6 Å². The molecule has 8 nitrogen and oxygen atoms in total. The van der Waals surface area contributed by atoms with Crippen LogP contribution in [0.1, 0.15) is 19.3 Å². The molecule has 0 unspecified atom stereocenters. The molecule has 2 atom stereocenters.